The smallest absolute Gasteiger partial charge is 0.307 e. The van der Waals surface area contributed by atoms with Crippen LogP contribution in [0.4, 0.5) is 0 Å². The van der Waals surface area contributed by atoms with Gasteiger partial charge in [-0.2, -0.15) is 0 Å². The molecule has 1 aromatic rings. The lowest BCUT2D eigenvalue weighted by molar-refractivity contribution is -0.143. The molecule has 6 heteroatoms. The third kappa shape index (κ3) is 5.30. The molecule has 0 fully saturated rings. The SMILES string of the molecule is O=C(O)CCC(C(=O)O)C(CC(=S)S)c1ccccc1. The summed E-state index contributed by atoms with van der Waals surface area (Å²) >= 11 is 9.05. The van der Waals surface area contributed by atoms with Crippen LogP contribution in [0.3, 0.4) is 0 Å². The fourth-order valence-electron chi connectivity index (χ4n) is 2.16. The van der Waals surface area contributed by atoms with Crippen LogP contribution in [-0.4, -0.2) is 26.3 Å². The first-order valence-electron chi connectivity index (χ1n) is 6.13. The molecule has 0 spiro atoms. The van der Waals surface area contributed by atoms with E-state index in [4.69, 9.17) is 17.3 Å². The molecule has 2 unspecified atom stereocenters. The first-order valence-corrected chi connectivity index (χ1v) is 6.98. The van der Waals surface area contributed by atoms with Gasteiger partial charge < -0.3 is 10.2 Å². The van der Waals surface area contributed by atoms with Crippen molar-refractivity contribution in [3.8, 4) is 0 Å². The average molecular weight is 312 g/mol. The highest BCUT2D eigenvalue weighted by molar-refractivity contribution is 8.11. The molecule has 0 aromatic heterocycles. The average Bonchev–Trinajstić information content (AvgIpc) is 2.37. The number of rotatable bonds is 8. The lowest BCUT2D eigenvalue weighted by Crippen LogP contribution is -2.24. The van der Waals surface area contributed by atoms with Gasteiger partial charge in [0, 0.05) is 16.5 Å². The van der Waals surface area contributed by atoms with Crippen LogP contribution in [0, 0.1) is 5.92 Å². The minimum Gasteiger partial charge on any atom is -0.481 e. The third-order valence-corrected chi connectivity index (χ3v) is 3.44. The Balaban J connectivity index is 3.01. The van der Waals surface area contributed by atoms with Crippen molar-refractivity contribution in [2.24, 2.45) is 5.92 Å². The Kier molecular flexibility index (Phi) is 6.67. The molecule has 0 amide bonds. The molecule has 0 heterocycles. The van der Waals surface area contributed by atoms with Gasteiger partial charge in [0.25, 0.3) is 0 Å². The van der Waals surface area contributed by atoms with E-state index in [0.29, 0.717) is 10.6 Å². The largest absolute Gasteiger partial charge is 0.481 e. The fourth-order valence-corrected chi connectivity index (χ4v) is 2.53. The minimum atomic E-state index is -1.01. The molecule has 0 saturated heterocycles. The van der Waals surface area contributed by atoms with Crippen molar-refractivity contribution in [3.63, 3.8) is 0 Å². The lowest BCUT2D eigenvalue weighted by atomic mass is 9.81. The van der Waals surface area contributed by atoms with Crippen LogP contribution >= 0.6 is 24.8 Å². The van der Waals surface area contributed by atoms with Gasteiger partial charge in [0.2, 0.25) is 0 Å². The minimum absolute atomic E-state index is 0.0701. The topological polar surface area (TPSA) is 74.6 Å². The predicted octanol–water partition coefficient (Wildman–Crippen LogP) is 2.98. The van der Waals surface area contributed by atoms with Crippen LogP contribution < -0.4 is 0 Å². The summed E-state index contributed by atoms with van der Waals surface area (Å²) in [5.74, 6) is -3.17. The number of carboxylic acid groups (broad SMARTS) is 2. The number of thiol groups is 1. The molecule has 0 aliphatic rings. The molecule has 0 radical (unpaired) electrons. The van der Waals surface area contributed by atoms with Gasteiger partial charge in [0.15, 0.2) is 0 Å². The van der Waals surface area contributed by atoms with Gasteiger partial charge in [-0.25, -0.2) is 0 Å². The van der Waals surface area contributed by atoms with Crippen LogP contribution in [0.5, 0.6) is 0 Å². The standard InChI is InChI=1S/C14H16O4S2/c15-12(16)7-6-10(14(17)18)11(8-13(19)20)9-4-2-1-3-5-9/h1-5,10-11H,6-8H2,(H,15,16)(H,17,18)(H,19,20). The molecule has 20 heavy (non-hydrogen) atoms. The summed E-state index contributed by atoms with van der Waals surface area (Å²) in [6.45, 7) is 0. The molecule has 2 N–H and O–H groups in total. The van der Waals surface area contributed by atoms with Gasteiger partial charge in [0.05, 0.1) is 5.92 Å². The summed E-state index contributed by atoms with van der Waals surface area (Å²) in [7, 11) is 0. The Morgan fingerprint density at radius 1 is 1.20 bits per heavy atom. The van der Waals surface area contributed by atoms with Crippen molar-refractivity contribution < 1.29 is 19.8 Å². The monoisotopic (exact) mass is 312 g/mol. The van der Waals surface area contributed by atoms with E-state index >= 15 is 0 Å². The number of hydrogen-bond donors (Lipinski definition) is 3. The Morgan fingerprint density at radius 3 is 2.25 bits per heavy atom. The highest BCUT2D eigenvalue weighted by atomic mass is 32.1. The van der Waals surface area contributed by atoms with E-state index in [1.807, 2.05) is 30.3 Å². The van der Waals surface area contributed by atoms with E-state index in [0.717, 1.165) is 5.56 Å². The van der Waals surface area contributed by atoms with Crippen molar-refractivity contribution >= 4 is 41.0 Å². The summed E-state index contributed by atoms with van der Waals surface area (Å²) in [4.78, 5) is 22.1. The number of carbonyl (C=O) groups is 2. The number of hydrogen-bond acceptors (Lipinski definition) is 3. The second kappa shape index (κ2) is 8.01. The van der Waals surface area contributed by atoms with Gasteiger partial charge in [-0.15, -0.1) is 12.6 Å². The molecule has 1 aromatic carbocycles. The van der Waals surface area contributed by atoms with Crippen LogP contribution in [0.15, 0.2) is 30.3 Å². The van der Waals surface area contributed by atoms with Crippen LogP contribution in [-0.2, 0) is 9.59 Å². The Hall–Kier alpha value is -1.40. The summed E-state index contributed by atoms with van der Waals surface area (Å²) in [6, 6.07) is 9.13. The van der Waals surface area contributed by atoms with Gasteiger partial charge >= 0.3 is 11.9 Å². The third-order valence-electron chi connectivity index (χ3n) is 3.09. The van der Waals surface area contributed by atoms with Crippen LogP contribution in [0.1, 0.15) is 30.7 Å². The number of benzene rings is 1. The molecular formula is C14H16O4S2. The second-order valence-electron chi connectivity index (χ2n) is 4.49. The number of thiocarbonyl (C=S) groups is 1. The quantitative estimate of drug-likeness (QED) is 0.508. The predicted molar refractivity (Wildman–Crippen MR) is 83.4 cm³/mol. The zero-order valence-corrected chi connectivity index (χ0v) is 12.4. The molecule has 108 valence electrons. The van der Waals surface area contributed by atoms with Gasteiger partial charge in [-0.3, -0.25) is 9.59 Å². The van der Waals surface area contributed by atoms with E-state index < -0.39 is 17.9 Å². The van der Waals surface area contributed by atoms with Crippen LogP contribution in [0.2, 0.25) is 0 Å². The van der Waals surface area contributed by atoms with Gasteiger partial charge in [-0.1, -0.05) is 42.5 Å². The highest BCUT2D eigenvalue weighted by Gasteiger charge is 2.30. The van der Waals surface area contributed by atoms with Crippen molar-refractivity contribution in [3.05, 3.63) is 35.9 Å². The van der Waals surface area contributed by atoms with E-state index in [2.05, 4.69) is 12.6 Å². The highest BCUT2D eigenvalue weighted by Crippen LogP contribution is 2.32. The molecule has 0 aliphatic carbocycles. The molecule has 0 bridgehead atoms. The zero-order valence-electron chi connectivity index (χ0n) is 10.7. The molecule has 4 nitrogen and oxygen atoms in total. The van der Waals surface area contributed by atoms with Gasteiger partial charge in [0.1, 0.15) is 0 Å². The van der Waals surface area contributed by atoms with E-state index in [1.165, 1.54) is 0 Å². The first kappa shape index (κ1) is 16.7. The molecule has 1 rings (SSSR count). The number of aliphatic carboxylic acids is 2. The Bertz CT molecular complexity index is 487. The fraction of sp³-hybridized carbons (Fsp3) is 0.357. The summed E-state index contributed by atoms with van der Waals surface area (Å²) < 4.78 is 0.417. The van der Waals surface area contributed by atoms with E-state index in [1.54, 1.807) is 0 Å². The van der Waals surface area contributed by atoms with Crippen molar-refractivity contribution in [1.82, 2.24) is 0 Å². The molecule has 2 atom stereocenters. The lowest BCUT2D eigenvalue weighted by Gasteiger charge is -2.23. The Morgan fingerprint density at radius 2 is 1.80 bits per heavy atom. The maximum Gasteiger partial charge on any atom is 0.307 e. The Labute approximate surface area is 128 Å². The molecule has 0 aliphatic heterocycles. The molecular weight excluding hydrogens is 296 g/mol. The van der Waals surface area contributed by atoms with Crippen LogP contribution in [0.25, 0.3) is 0 Å². The van der Waals surface area contributed by atoms with E-state index in [-0.39, 0.29) is 18.8 Å². The van der Waals surface area contributed by atoms with Crippen molar-refractivity contribution in [1.29, 1.82) is 0 Å². The maximum absolute atomic E-state index is 11.4. The number of carboxylic acids is 2. The second-order valence-corrected chi connectivity index (χ2v) is 5.83. The first-order chi connectivity index (χ1) is 9.41. The van der Waals surface area contributed by atoms with Crippen molar-refractivity contribution in [2.45, 2.75) is 25.2 Å². The normalized spacial score (nSPS) is 13.4. The van der Waals surface area contributed by atoms with Crippen molar-refractivity contribution in [2.75, 3.05) is 0 Å². The summed E-state index contributed by atoms with van der Waals surface area (Å²) in [6.07, 6.45) is 0.222. The van der Waals surface area contributed by atoms with E-state index in [9.17, 15) is 14.7 Å². The zero-order chi connectivity index (χ0) is 15.1. The van der Waals surface area contributed by atoms with Gasteiger partial charge in [-0.05, 0) is 18.4 Å². The maximum atomic E-state index is 11.4. The molecule has 0 saturated carbocycles. The summed E-state index contributed by atoms with van der Waals surface area (Å²) in [5.41, 5.74) is 0.835. The summed E-state index contributed by atoms with van der Waals surface area (Å²) in [5, 5.41) is 18.1.